The average molecular weight is 750 g/mol. The second kappa shape index (κ2) is 12.2. The van der Waals surface area contributed by atoms with Crippen LogP contribution in [0.4, 0.5) is 17.1 Å². The van der Waals surface area contributed by atoms with Crippen LogP contribution in [0.5, 0.6) is 0 Å². The molecule has 0 bridgehead atoms. The summed E-state index contributed by atoms with van der Waals surface area (Å²) in [6, 6.07) is 78.2. The zero-order chi connectivity index (χ0) is 38.7. The van der Waals surface area contributed by atoms with Crippen LogP contribution in [0.25, 0.3) is 76.9 Å². The summed E-state index contributed by atoms with van der Waals surface area (Å²) in [5, 5.41) is 7.03. The van der Waals surface area contributed by atoms with E-state index in [0.29, 0.717) is 0 Å². The molecule has 1 spiro atoms. The molecule has 1 heterocycles. The van der Waals surface area contributed by atoms with Gasteiger partial charge in [-0.1, -0.05) is 164 Å². The van der Waals surface area contributed by atoms with Crippen LogP contribution < -0.4 is 4.90 Å². The van der Waals surface area contributed by atoms with Gasteiger partial charge in [-0.25, -0.2) is 0 Å². The highest BCUT2D eigenvalue weighted by atomic mass is 16.3. The van der Waals surface area contributed by atoms with E-state index in [1.165, 1.54) is 66.1 Å². The quantitative estimate of drug-likeness (QED) is 0.178. The number of rotatable bonds is 4. The van der Waals surface area contributed by atoms with Crippen LogP contribution in [0.2, 0.25) is 0 Å². The number of fused-ring (bicyclic) bond motifs is 15. The van der Waals surface area contributed by atoms with Crippen molar-refractivity contribution >= 4 is 60.5 Å². The van der Waals surface area contributed by atoms with Crippen LogP contribution >= 0.6 is 0 Å². The summed E-state index contributed by atoms with van der Waals surface area (Å²) in [4.78, 5) is 2.49. The van der Waals surface area contributed by atoms with Gasteiger partial charge in [-0.3, -0.25) is 0 Å². The van der Waals surface area contributed by atoms with E-state index in [0.717, 1.165) is 50.1 Å². The Morgan fingerprint density at radius 2 is 0.864 bits per heavy atom. The SMILES string of the molecule is c1ccc(N(c2ccc3c(c2)C2(c4ccccc4-c4ccccc42)c2ccccc2-3)c2cccc3ccccc23)c(-c2ccc3oc4cc5ccccc5cc4c3c2)c1. The van der Waals surface area contributed by atoms with Crippen molar-refractivity contribution in [2.45, 2.75) is 5.41 Å². The van der Waals surface area contributed by atoms with Crippen LogP contribution in [0.3, 0.4) is 0 Å². The fourth-order valence-electron chi connectivity index (χ4n) is 10.6. The van der Waals surface area contributed by atoms with E-state index >= 15 is 0 Å². The summed E-state index contributed by atoms with van der Waals surface area (Å²) < 4.78 is 6.47. The fraction of sp³-hybridized carbons (Fsp3) is 0.0175. The molecule has 0 amide bonds. The Hall–Kier alpha value is -7.68. The molecule has 2 aliphatic rings. The Balaban J connectivity index is 1.08. The predicted octanol–water partition coefficient (Wildman–Crippen LogP) is 15.4. The highest BCUT2D eigenvalue weighted by Crippen LogP contribution is 2.63. The molecule has 59 heavy (non-hydrogen) atoms. The highest BCUT2D eigenvalue weighted by Gasteiger charge is 2.51. The monoisotopic (exact) mass is 749 g/mol. The van der Waals surface area contributed by atoms with Gasteiger partial charge in [0.1, 0.15) is 11.2 Å². The molecule has 0 atom stereocenters. The molecule has 11 aromatic rings. The van der Waals surface area contributed by atoms with Gasteiger partial charge in [-0.2, -0.15) is 0 Å². The largest absolute Gasteiger partial charge is 0.456 e. The minimum Gasteiger partial charge on any atom is -0.456 e. The summed E-state index contributed by atoms with van der Waals surface area (Å²) in [5.41, 5.74) is 17.5. The highest BCUT2D eigenvalue weighted by molar-refractivity contribution is 6.11. The smallest absolute Gasteiger partial charge is 0.136 e. The summed E-state index contributed by atoms with van der Waals surface area (Å²) >= 11 is 0. The van der Waals surface area contributed by atoms with Crippen LogP contribution in [0, 0.1) is 0 Å². The van der Waals surface area contributed by atoms with E-state index in [9.17, 15) is 0 Å². The van der Waals surface area contributed by atoms with E-state index in [1.807, 2.05) is 0 Å². The van der Waals surface area contributed by atoms with Crippen molar-refractivity contribution < 1.29 is 4.42 Å². The van der Waals surface area contributed by atoms with Gasteiger partial charge in [-0.15, -0.1) is 0 Å². The van der Waals surface area contributed by atoms with Crippen molar-refractivity contribution in [2.24, 2.45) is 0 Å². The van der Waals surface area contributed by atoms with E-state index < -0.39 is 5.41 Å². The fourth-order valence-corrected chi connectivity index (χ4v) is 10.6. The van der Waals surface area contributed by atoms with Gasteiger partial charge in [0, 0.05) is 27.4 Å². The first kappa shape index (κ1) is 32.4. The molecular formula is C57H35NO. The van der Waals surface area contributed by atoms with Gasteiger partial charge in [0.15, 0.2) is 0 Å². The van der Waals surface area contributed by atoms with Crippen molar-refractivity contribution in [1.29, 1.82) is 0 Å². The van der Waals surface area contributed by atoms with Crippen molar-refractivity contribution in [3.63, 3.8) is 0 Å². The molecule has 2 nitrogen and oxygen atoms in total. The Kier molecular flexibility index (Phi) is 6.68. The number of furan rings is 1. The van der Waals surface area contributed by atoms with Crippen LogP contribution in [0.1, 0.15) is 22.3 Å². The number of benzene rings is 10. The van der Waals surface area contributed by atoms with Gasteiger partial charge in [-0.05, 0) is 115 Å². The molecule has 0 fully saturated rings. The molecule has 1 aromatic heterocycles. The lowest BCUT2D eigenvalue weighted by atomic mass is 9.70. The Morgan fingerprint density at radius 3 is 1.59 bits per heavy atom. The van der Waals surface area contributed by atoms with Crippen LogP contribution in [-0.4, -0.2) is 0 Å². The zero-order valence-electron chi connectivity index (χ0n) is 32.1. The van der Waals surface area contributed by atoms with E-state index in [1.54, 1.807) is 0 Å². The summed E-state index contributed by atoms with van der Waals surface area (Å²) in [5.74, 6) is 0. The van der Waals surface area contributed by atoms with Crippen molar-refractivity contribution in [1.82, 2.24) is 0 Å². The molecule has 0 N–H and O–H groups in total. The lowest BCUT2D eigenvalue weighted by molar-refractivity contribution is 0.669. The van der Waals surface area contributed by atoms with Crippen LogP contribution in [-0.2, 0) is 5.41 Å². The number of hydrogen-bond acceptors (Lipinski definition) is 2. The molecule has 2 aliphatic carbocycles. The number of para-hydroxylation sites is 1. The molecule has 0 unspecified atom stereocenters. The molecule has 274 valence electrons. The third-order valence-electron chi connectivity index (χ3n) is 13.0. The normalized spacial score (nSPS) is 13.2. The second-order valence-electron chi connectivity index (χ2n) is 16.0. The number of hydrogen-bond donors (Lipinski definition) is 0. The molecule has 13 rings (SSSR count). The van der Waals surface area contributed by atoms with Crippen molar-refractivity contribution in [2.75, 3.05) is 4.90 Å². The van der Waals surface area contributed by atoms with Crippen molar-refractivity contribution in [3.8, 4) is 33.4 Å². The maximum atomic E-state index is 6.47. The Morgan fingerprint density at radius 1 is 0.322 bits per heavy atom. The summed E-state index contributed by atoms with van der Waals surface area (Å²) in [6.07, 6.45) is 0. The summed E-state index contributed by atoms with van der Waals surface area (Å²) in [7, 11) is 0. The second-order valence-corrected chi connectivity index (χ2v) is 16.0. The Labute approximate surface area is 341 Å². The first-order valence-electron chi connectivity index (χ1n) is 20.4. The first-order chi connectivity index (χ1) is 29.3. The Bertz CT molecular complexity index is 3470. The van der Waals surface area contributed by atoms with E-state index in [-0.39, 0.29) is 0 Å². The van der Waals surface area contributed by atoms with E-state index in [2.05, 4.69) is 217 Å². The molecule has 0 saturated carbocycles. The lowest BCUT2D eigenvalue weighted by Crippen LogP contribution is -2.26. The molecule has 10 aromatic carbocycles. The van der Waals surface area contributed by atoms with Gasteiger partial charge in [0.05, 0.1) is 16.8 Å². The molecular weight excluding hydrogens is 715 g/mol. The third kappa shape index (κ3) is 4.46. The first-order valence-corrected chi connectivity index (χ1v) is 20.4. The van der Waals surface area contributed by atoms with Gasteiger partial charge < -0.3 is 9.32 Å². The van der Waals surface area contributed by atoms with Gasteiger partial charge >= 0.3 is 0 Å². The standard InChI is InChI=1S/C57H35NO/c1-2-16-38-34-56-48(32-37(38)15-1)47-33-39(28-31-55(47)59-56)42-19-8-12-26-53(42)58(54-27-13-17-36-14-3-4-18-41(36)54)40-29-30-46-45-22-7-11-25-51(45)57(52(46)35-40)49-23-9-5-20-43(49)44-21-6-10-24-50(44)57/h1-35H. The topological polar surface area (TPSA) is 16.4 Å². The van der Waals surface area contributed by atoms with Gasteiger partial charge in [0.2, 0.25) is 0 Å². The minimum absolute atomic E-state index is 0.448. The molecule has 2 heteroatoms. The van der Waals surface area contributed by atoms with Crippen LogP contribution in [0.15, 0.2) is 217 Å². The lowest BCUT2D eigenvalue weighted by Gasteiger charge is -2.33. The average Bonchev–Trinajstić information content (AvgIpc) is 3.91. The minimum atomic E-state index is -0.448. The summed E-state index contributed by atoms with van der Waals surface area (Å²) in [6.45, 7) is 0. The molecule has 0 aliphatic heterocycles. The van der Waals surface area contributed by atoms with Crippen molar-refractivity contribution in [3.05, 3.63) is 235 Å². The maximum absolute atomic E-state index is 6.47. The number of nitrogens with zero attached hydrogens (tertiary/aromatic N) is 1. The number of anilines is 3. The third-order valence-corrected chi connectivity index (χ3v) is 13.0. The predicted molar refractivity (Wildman–Crippen MR) is 245 cm³/mol. The molecule has 0 saturated heterocycles. The van der Waals surface area contributed by atoms with Gasteiger partial charge in [0.25, 0.3) is 0 Å². The zero-order valence-corrected chi connectivity index (χ0v) is 32.1. The van der Waals surface area contributed by atoms with E-state index in [4.69, 9.17) is 4.42 Å². The molecule has 0 radical (unpaired) electrons. The maximum Gasteiger partial charge on any atom is 0.136 e.